The van der Waals surface area contributed by atoms with Gasteiger partial charge in [-0.2, -0.15) is 0 Å². The molecule has 0 aliphatic carbocycles. The summed E-state index contributed by atoms with van der Waals surface area (Å²) in [6.45, 7) is 6.45. The molecule has 0 amide bonds. The van der Waals surface area contributed by atoms with Gasteiger partial charge in [0.05, 0.1) is 0 Å². The molecule has 9 heavy (non-hydrogen) atoms. The SMILES string of the molecule is C.Cc1cc(C)c(C)s1. The molecule has 0 unspecified atom stereocenters. The van der Waals surface area contributed by atoms with Gasteiger partial charge in [-0.25, -0.2) is 0 Å². The van der Waals surface area contributed by atoms with E-state index < -0.39 is 0 Å². The van der Waals surface area contributed by atoms with Crippen LogP contribution in [0.3, 0.4) is 0 Å². The fourth-order valence-electron chi connectivity index (χ4n) is 0.758. The predicted octanol–water partition coefficient (Wildman–Crippen LogP) is 3.31. The highest BCUT2D eigenvalue weighted by Crippen LogP contribution is 2.18. The number of aryl methyl sites for hydroxylation is 3. The highest BCUT2D eigenvalue weighted by molar-refractivity contribution is 7.12. The van der Waals surface area contributed by atoms with Gasteiger partial charge in [-0.15, -0.1) is 11.3 Å². The van der Waals surface area contributed by atoms with E-state index in [-0.39, 0.29) is 7.43 Å². The third kappa shape index (κ3) is 1.83. The van der Waals surface area contributed by atoms with Crippen LogP contribution in [0.5, 0.6) is 0 Å². The van der Waals surface area contributed by atoms with Gasteiger partial charge in [-0.05, 0) is 32.4 Å². The van der Waals surface area contributed by atoms with E-state index in [1.165, 1.54) is 15.3 Å². The monoisotopic (exact) mass is 142 g/mol. The Kier molecular flexibility index (Phi) is 2.92. The van der Waals surface area contributed by atoms with Crippen molar-refractivity contribution in [3.05, 3.63) is 21.4 Å². The van der Waals surface area contributed by atoms with E-state index in [0.29, 0.717) is 0 Å². The second-order valence-electron chi connectivity index (χ2n) is 2.10. The third-order valence-corrected chi connectivity index (χ3v) is 2.36. The largest absolute Gasteiger partial charge is 0.146 e. The zero-order valence-corrected chi connectivity index (χ0v) is 6.30. The minimum Gasteiger partial charge on any atom is -0.146 e. The van der Waals surface area contributed by atoms with Gasteiger partial charge in [0.1, 0.15) is 0 Å². The van der Waals surface area contributed by atoms with Crippen molar-refractivity contribution in [1.82, 2.24) is 0 Å². The lowest BCUT2D eigenvalue weighted by Gasteiger charge is -1.79. The van der Waals surface area contributed by atoms with Crippen molar-refractivity contribution in [3.8, 4) is 0 Å². The summed E-state index contributed by atoms with van der Waals surface area (Å²) in [6.07, 6.45) is 0. The Morgan fingerprint density at radius 1 is 1.22 bits per heavy atom. The Labute approximate surface area is 61.5 Å². The summed E-state index contributed by atoms with van der Waals surface area (Å²) in [5.41, 5.74) is 1.42. The van der Waals surface area contributed by atoms with E-state index in [1.54, 1.807) is 0 Å². The van der Waals surface area contributed by atoms with Crippen LogP contribution in [0.15, 0.2) is 6.07 Å². The van der Waals surface area contributed by atoms with Gasteiger partial charge in [0.15, 0.2) is 0 Å². The predicted molar refractivity (Wildman–Crippen MR) is 45.3 cm³/mol. The Balaban J connectivity index is 0.000000640. The number of hydrogen-bond acceptors (Lipinski definition) is 1. The third-order valence-electron chi connectivity index (χ3n) is 1.29. The van der Waals surface area contributed by atoms with Crippen molar-refractivity contribution in [3.63, 3.8) is 0 Å². The normalized spacial score (nSPS) is 8.78. The summed E-state index contributed by atoms with van der Waals surface area (Å²) < 4.78 is 0. The van der Waals surface area contributed by atoms with Crippen LogP contribution in [0.1, 0.15) is 22.7 Å². The topological polar surface area (TPSA) is 0 Å². The fourth-order valence-corrected chi connectivity index (χ4v) is 1.70. The Hall–Kier alpha value is -0.300. The first-order chi connectivity index (χ1) is 3.70. The molecule has 0 saturated carbocycles. The molecule has 0 aromatic carbocycles. The van der Waals surface area contributed by atoms with Gasteiger partial charge in [0.2, 0.25) is 0 Å². The highest BCUT2D eigenvalue weighted by Gasteiger charge is 1.93. The smallest absolute Gasteiger partial charge is 0.00462 e. The number of thiophene rings is 1. The lowest BCUT2D eigenvalue weighted by Crippen LogP contribution is -1.62. The second kappa shape index (κ2) is 3.02. The average molecular weight is 142 g/mol. The van der Waals surface area contributed by atoms with Crippen molar-refractivity contribution in [1.29, 1.82) is 0 Å². The Bertz CT molecular complexity index is 167. The van der Waals surface area contributed by atoms with E-state index >= 15 is 0 Å². The van der Waals surface area contributed by atoms with E-state index in [4.69, 9.17) is 0 Å². The molecular weight excluding hydrogens is 128 g/mol. The standard InChI is InChI=1S/C7H10S.CH4/c1-5-4-6(2)8-7(5)3;/h4H,1-3H3;1H4. The second-order valence-corrected chi connectivity index (χ2v) is 3.56. The molecule has 0 N–H and O–H groups in total. The molecule has 0 aliphatic rings. The van der Waals surface area contributed by atoms with Crippen LogP contribution >= 0.6 is 11.3 Å². The van der Waals surface area contributed by atoms with Crippen molar-refractivity contribution in [2.24, 2.45) is 0 Å². The van der Waals surface area contributed by atoms with Gasteiger partial charge in [-0.1, -0.05) is 7.43 Å². The zero-order chi connectivity index (χ0) is 6.15. The Morgan fingerprint density at radius 2 is 1.78 bits per heavy atom. The zero-order valence-electron chi connectivity index (χ0n) is 5.49. The van der Waals surface area contributed by atoms with Gasteiger partial charge in [0.25, 0.3) is 0 Å². The summed E-state index contributed by atoms with van der Waals surface area (Å²) in [7, 11) is 0. The number of hydrogen-bond donors (Lipinski definition) is 0. The maximum Gasteiger partial charge on any atom is 0.00462 e. The molecule has 0 radical (unpaired) electrons. The summed E-state index contributed by atoms with van der Waals surface area (Å²) >= 11 is 1.87. The summed E-state index contributed by atoms with van der Waals surface area (Å²) in [5.74, 6) is 0. The van der Waals surface area contributed by atoms with E-state index in [1.807, 2.05) is 11.3 Å². The molecule has 0 nitrogen and oxygen atoms in total. The summed E-state index contributed by atoms with van der Waals surface area (Å²) in [4.78, 5) is 2.86. The molecular formula is C8H14S. The van der Waals surface area contributed by atoms with Crippen LogP contribution in [0.4, 0.5) is 0 Å². The van der Waals surface area contributed by atoms with E-state index in [2.05, 4.69) is 26.8 Å². The highest BCUT2D eigenvalue weighted by atomic mass is 32.1. The van der Waals surface area contributed by atoms with Gasteiger partial charge >= 0.3 is 0 Å². The van der Waals surface area contributed by atoms with Crippen LogP contribution in [-0.2, 0) is 0 Å². The summed E-state index contributed by atoms with van der Waals surface area (Å²) in [6, 6.07) is 2.22. The first kappa shape index (κ1) is 8.70. The minimum absolute atomic E-state index is 0. The number of rotatable bonds is 0. The first-order valence-electron chi connectivity index (χ1n) is 2.74. The molecule has 0 spiro atoms. The van der Waals surface area contributed by atoms with Crippen LogP contribution in [0, 0.1) is 20.8 Å². The van der Waals surface area contributed by atoms with Gasteiger partial charge in [-0.3, -0.25) is 0 Å². The van der Waals surface area contributed by atoms with E-state index in [9.17, 15) is 0 Å². The molecule has 1 heterocycles. The average Bonchev–Trinajstić information content (AvgIpc) is 1.85. The van der Waals surface area contributed by atoms with Crippen LogP contribution in [0.25, 0.3) is 0 Å². The molecule has 1 aromatic rings. The van der Waals surface area contributed by atoms with Crippen molar-refractivity contribution in [2.45, 2.75) is 28.2 Å². The van der Waals surface area contributed by atoms with E-state index in [0.717, 1.165) is 0 Å². The van der Waals surface area contributed by atoms with Crippen molar-refractivity contribution < 1.29 is 0 Å². The van der Waals surface area contributed by atoms with Crippen molar-refractivity contribution >= 4 is 11.3 Å². The maximum atomic E-state index is 2.22. The van der Waals surface area contributed by atoms with Crippen LogP contribution in [-0.4, -0.2) is 0 Å². The minimum atomic E-state index is 0. The molecule has 0 atom stereocenters. The Morgan fingerprint density at radius 3 is 1.89 bits per heavy atom. The quantitative estimate of drug-likeness (QED) is 0.521. The summed E-state index contributed by atoms with van der Waals surface area (Å²) in [5, 5.41) is 0. The van der Waals surface area contributed by atoms with Crippen molar-refractivity contribution in [2.75, 3.05) is 0 Å². The van der Waals surface area contributed by atoms with Gasteiger partial charge in [0, 0.05) is 9.75 Å². The fraction of sp³-hybridized carbons (Fsp3) is 0.500. The van der Waals surface area contributed by atoms with Crippen LogP contribution < -0.4 is 0 Å². The lowest BCUT2D eigenvalue weighted by molar-refractivity contribution is 1.43. The molecule has 1 aromatic heterocycles. The molecule has 0 saturated heterocycles. The maximum absolute atomic E-state index is 2.22. The first-order valence-corrected chi connectivity index (χ1v) is 3.55. The molecule has 0 bridgehead atoms. The molecule has 1 rings (SSSR count). The molecule has 1 heteroatoms. The van der Waals surface area contributed by atoms with Gasteiger partial charge < -0.3 is 0 Å². The molecule has 0 fully saturated rings. The molecule has 52 valence electrons. The lowest BCUT2D eigenvalue weighted by atomic mass is 10.3. The molecule has 0 aliphatic heterocycles. The van der Waals surface area contributed by atoms with Crippen LogP contribution in [0.2, 0.25) is 0 Å².